The molecule has 212 valence electrons. The monoisotopic (exact) mass is 544 g/mol. The van der Waals surface area contributed by atoms with Gasteiger partial charge in [0.1, 0.15) is 0 Å². The smallest absolute Gasteiger partial charge is 0.475 e. The number of carboxylic acid groups (broad SMARTS) is 1. The highest BCUT2D eigenvalue weighted by Gasteiger charge is 2.40. The normalized spacial score (nSPS) is 21.6. The number of nitrogens with one attached hydrogen (secondary N) is 2. The fourth-order valence-electron chi connectivity index (χ4n) is 5.07. The van der Waals surface area contributed by atoms with Crippen LogP contribution in [0.2, 0.25) is 0 Å². The van der Waals surface area contributed by atoms with Crippen LogP contribution in [0, 0.1) is 12.8 Å². The number of quaternary nitrogens is 1. The third-order valence-electron chi connectivity index (χ3n) is 7.20. The van der Waals surface area contributed by atoms with Crippen LogP contribution in [0.3, 0.4) is 0 Å². The number of hydrogen-bond acceptors (Lipinski definition) is 5. The van der Waals surface area contributed by atoms with Crippen molar-refractivity contribution < 1.29 is 46.7 Å². The van der Waals surface area contributed by atoms with Gasteiger partial charge in [-0.15, -0.1) is 0 Å². The van der Waals surface area contributed by atoms with Crippen molar-refractivity contribution >= 4 is 29.4 Å². The molecule has 0 bridgehead atoms. The number of likely N-dealkylation sites (tertiary alicyclic amines) is 1. The van der Waals surface area contributed by atoms with Gasteiger partial charge in [-0.3, -0.25) is 9.59 Å². The lowest BCUT2D eigenvalue weighted by Gasteiger charge is -2.43. The van der Waals surface area contributed by atoms with Crippen LogP contribution in [0.15, 0.2) is 18.2 Å². The molecule has 2 atom stereocenters. The summed E-state index contributed by atoms with van der Waals surface area (Å²) in [5.74, 6) is -3.27. The number of amides is 2. The van der Waals surface area contributed by atoms with Gasteiger partial charge in [0, 0.05) is 6.04 Å². The molecule has 1 heterocycles. The summed E-state index contributed by atoms with van der Waals surface area (Å²) in [5.41, 5.74) is 1.67. The molecule has 0 radical (unpaired) electrons. The van der Waals surface area contributed by atoms with E-state index in [1.165, 1.54) is 20.0 Å². The molecule has 0 aromatic heterocycles. The van der Waals surface area contributed by atoms with Gasteiger partial charge in [-0.05, 0) is 51.2 Å². The Morgan fingerprint density at radius 3 is 2.29 bits per heavy atom. The molecule has 1 saturated carbocycles. The highest BCUT2D eigenvalue weighted by Crippen LogP contribution is 2.27. The Morgan fingerprint density at radius 2 is 1.74 bits per heavy atom. The maximum atomic E-state index is 13.0. The second-order valence-corrected chi connectivity index (χ2v) is 9.89. The number of para-hydroxylation sites is 1. The number of carboxylic acids is 1. The molecule has 1 aromatic carbocycles. The van der Waals surface area contributed by atoms with Gasteiger partial charge < -0.3 is 25.0 Å². The molecule has 1 aromatic rings. The van der Waals surface area contributed by atoms with Crippen LogP contribution in [0.5, 0.6) is 0 Å². The van der Waals surface area contributed by atoms with E-state index in [0.717, 1.165) is 44.3 Å². The number of halogens is 3. The van der Waals surface area contributed by atoms with Crippen molar-refractivity contribution in [3.63, 3.8) is 0 Å². The second-order valence-electron chi connectivity index (χ2n) is 9.89. The number of nitrogens with zero attached hydrogens (tertiary/aromatic N) is 1. The number of hydrogen-bond donors (Lipinski definition) is 3. The minimum absolute atomic E-state index is 0.0498. The number of aliphatic carboxylic acids is 1. The summed E-state index contributed by atoms with van der Waals surface area (Å²) in [6, 6.07) is 5.61. The number of carbonyl (C=O) groups excluding carboxylic acids is 3. The van der Waals surface area contributed by atoms with Crippen LogP contribution in [-0.4, -0.2) is 78.8 Å². The van der Waals surface area contributed by atoms with E-state index in [4.69, 9.17) is 14.6 Å². The molecule has 3 N–H and O–H groups in total. The van der Waals surface area contributed by atoms with E-state index in [2.05, 4.69) is 17.6 Å². The van der Waals surface area contributed by atoms with Crippen molar-refractivity contribution in [3.05, 3.63) is 29.3 Å². The van der Waals surface area contributed by atoms with Gasteiger partial charge in [0.05, 0.1) is 43.9 Å². The van der Waals surface area contributed by atoms with Crippen molar-refractivity contribution in [2.45, 2.75) is 64.6 Å². The standard InChI is InChI=1S/C24H35N3O4.C2HF3O2/c1-4-27(14-8-10-18(15-27)23(29)25-19-11-5-6-12-19)16-21(28)26-22-17(2)9-7-13-20(22)24(30)31-3;3-2(4,5)1(6)7/h7,9,13,18-19H,4-6,8,10-12,14-16H2,1-3H3,(H-,25,26,28,29,30);(H,6,7)/p+1. The Hall–Kier alpha value is -3.15. The Balaban J connectivity index is 0.000000638. The minimum Gasteiger partial charge on any atom is -0.475 e. The molecule has 3 rings (SSSR count). The lowest BCUT2D eigenvalue weighted by molar-refractivity contribution is -0.925. The van der Waals surface area contributed by atoms with Crippen molar-refractivity contribution in [1.82, 2.24) is 5.32 Å². The number of aryl methyl sites for hydroxylation is 1. The number of esters is 1. The Bertz CT molecular complexity index is 1010. The van der Waals surface area contributed by atoms with Gasteiger partial charge >= 0.3 is 18.1 Å². The fraction of sp³-hybridized carbons (Fsp3) is 0.615. The van der Waals surface area contributed by atoms with Crippen LogP contribution in [0.1, 0.15) is 61.4 Å². The third-order valence-corrected chi connectivity index (χ3v) is 7.20. The zero-order chi connectivity index (χ0) is 28.5. The second kappa shape index (κ2) is 13.6. The first-order valence-electron chi connectivity index (χ1n) is 12.7. The molecule has 1 aliphatic heterocycles. The number of benzene rings is 1. The van der Waals surface area contributed by atoms with Crippen molar-refractivity contribution in [2.75, 3.05) is 38.6 Å². The molecule has 9 nitrogen and oxygen atoms in total. The molecule has 2 unspecified atom stereocenters. The van der Waals surface area contributed by atoms with Gasteiger partial charge in [-0.2, -0.15) is 13.2 Å². The fourth-order valence-corrected chi connectivity index (χ4v) is 5.07. The van der Waals surface area contributed by atoms with Crippen LogP contribution in [-0.2, 0) is 19.1 Å². The van der Waals surface area contributed by atoms with Crippen molar-refractivity contribution in [1.29, 1.82) is 0 Å². The maximum absolute atomic E-state index is 13.0. The zero-order valence-corrected chi connectivity index (χ0v) is 22.0. The molecule has 38 heavy (non-hydrogen) atoms. The summed E-state index contributed by atoms with van der Waals surface area (Å²) in [6.07, 6.45) is 1.27. The van der Waals surface area contributed by atoms with Crippen LogP contribution in [0.4, 0.5) is 18.9 Å². The molecule has 2 aliphatic rings. The predicted molar refractivity (Wildman–Crippen MR) is 133 cm³/mol. The van der Waals surface area contributed by atoms with E-state index in [1.54, 1.807) is 12.1 Å². The summed E-state index contributed by atoms with van der Waals surface area (Å²) >= 11 is 0. The molecule has 2 fully saturated rings. The number of ether oxygens (including phenoxy) is 1. The number of carbonyl (C=O) groups is 4. The first-order valence-corrected chi connectivity index (χ1v) is 12.7. The molecule has 1 saturated heterocycles. The zero-order valence-electron chi connectivity index (χ0n) is 22.0. The van der Waals surface area contributed by atoms with Crippen LogP contribution in [0.25, 0.3) is 0 Å². The number of methoxy groups -OCH3 is 1. The summed E-state index contributed by atoms with van der Waals surface area (Å²) in [7, 11) is 1.33. The van der Waals surface area contributed by atoms with Gasteiger partial charge in [-0.25, -0.2) is 9.59 Å². The quantitative estimate of drug-likeness (QED) is 0.356. The summed E-state index contributed by atoms with van der Waals surface area (Å²) in [4.78, 5) is 46.9. The van der Waals surface area contributed by atoms with E-state index in [9.17, 15) is 27.6 Å². The Morgan fingerprint density at radius 1 is 1.11 bits per heavy atom. The minimum atomic E-state index is -5.08. The van der Waals surface area contributed by atoms with E-state index >= 15 is 0 Å². The van der Waals surface area contributed by atoms with Crippen LogP contribution >= 0.6 is 0 Å². The molecule has 12 heteroatoms. The third kappa shape index (κ3) is 8.71. The predicted octanol–water partition coefficient (Wildman–Crippen LogP) is 3.66. The number of likely N-dealkylation sites (N-methyl/N-ethyl adjacent to an activating group) is 1. The lowest BCUT2D eigenvalue weighted by Crippen LogP contribution is -2.59. The van der Waals surface area contributed by atoms with Crippen LogP contribution < -0.4 is 10.6 Å². The highest BCUT2D eigenvalue weighted by atomic mass is 19.4. The number of anilines is 1. The Labute approximate surface area is 220 Å². The number of alkyl halides is 3. The first kappa shape index (κ1) is 31.1. The number of piperidine rings is 1. The Kier molecular flexibility index (Phi) is 11.1. The lowest BCUT2D eigenvalue weighted by atomic mass is 9.94. The summed E-state index contributed by atoms with van der Waals surface area (Å²) in [5, 5.41) is 13.3. The van der Waals surface area contributed by atoms with E-state index in [0.29, 0.717) is 34.9 Å². The molecule has 1 aliphatic carbocycles. The molecular formula is C26H37F3N3O6+. The largest absolute Gasteiger partial charge is 0.490 e. The average molecular weight is 545 g/mol. The maximum Gasteiger partial charge on any atom is 0.490 e. The summed E-state index contributed by atoms with van der Waals surface area (Å²) in [6.45, 7) is 6.58. The topological polar surface area (TPSA) is 122 Å². The highest BCUT2D eigenvalue weighted by molar-refractivity contribution is 6.02. The van der Waals surface area contributed by atoms with Gasteiger partial charge in [0.25, 0.3) is 5.91 Å². The summed E-state index contributed by atoms with van der Waals surface area (Å²) < 4.78 is 37.2. The van der Waals surface area contributed by atoms with Crippen molar-refractivity contribution in [3.8, 4) is 0 Å². The van der Waals surface area contributed by atoms with E-state index < -0.39 is 18.1 Å². The SMILES string of the molecule is CC[N+]1(CC(=O)Nc2c(C)cccc2C(=O)OC)CCCC(C(=O)NC2CCCC2)C1.O=C(O)C(F)(F)F. The average Bonchev–Trinajstić information content (AvgIpc) is 3.37. The van der Waals surface area contributed by atoms with Gasteiger partial charge in [-0.1, -0.05) is 25.0 Å². The van der Waals surface area contributed by atoms with E-state index in [-0.39, 0.29) is 17.7 Å². The molecular weight excluding hydrogens is 507 g/mol. The van der Waals surface area contributed by atoms with Crippen molar-refractivity contribution in [2.24, 2.45) is 5.92 Å². The first-order chi connectivity index (χ1) is 17.8. The van der Waals surface area contributed by atoms with Gasteiger partial charge in [0.2, 0.25) is 5.91 Å². The number of rotatable bonds is 7. The molecule has 2 amide bonds. The molecule has 0 spiro atoms. The van der Waals surface area contributed by atoms with E-state index in [1.807, 2.05) is 13.0 Å². The van der Waals surface area contributed by atoms with Gasteiger partial charge in [0.15, 0.2) is 6.54 Å².